The van der Waals surface area contributed by atoms with Crippen LogP contribution in [0.4, 0.5) is 43.9 Å². The van der Waals surface area contributed by atoms with Gasteiger partial charge in [-0.15, -0.1) is 0 Å². The molecular weight excluding hydrogens is 615 g/mol. The van der Waals surface area contributed by atoms with Gasteiger partial charge in [0.2, 0.25) is 0 Å². The Morgan fingerprint density at radius 2 is 1.51 bits per heavy atom. The smallest absolute Gasteiger partial charge is 0.299 e. The fraction of sp³-hybridized carbons (Fsp3) is 0.375. The number of hydrogen-bond acceptors (Lipinski definition) is 2. The first-order chi connectivity index (χ1) is 17.7. The zero-order valence-electron chi connectivity index (χ0n) is 19.6. The Labute approximate surface area is 231 Å². The number of rotatable bonds is 9. The van der Waals surface area contributed by atoms with Crippen molar-refractivity contribution < 1.29 is 48.7 Å². The molecule has 39 heavy (non-hydrogen) atoms. The van der Waals surface area contributed by atoms with Gasteiger partial charge in [0.15, 0.2) is 5.78 Å². The lowest BCUT2D eigenvalue weighted by Gasteiger charge is -2.20. The molecule has 2 aromatic rings. The lowest BCUT2D eigenvalue weighted by Crippen LogP contribution is -2.29. The Bertz CT molecular complexity index is 1200. The molecular formula is C24H18Cl3F10NO. The average Bonchev–Trinajstić information content (AvgIpc) is 2.77. The normalized spacial score (nSPS) is 14.2. The van der Waals surface area contributed by atoms with Crippen LogP contribution in [-0.2, 0) is 6.18 Å². The first-order valence-electron chi connectivity index (χ1n) is 10.8. The highest BCUT2D eigenvalue weighted by Gasteiger charge is 2.41. The van der Waals surface area contributed by atoms with Crippen molar-refractivity contribution in [1.82, 2.24) is 4.90 Å². The van der Waals surface area contributed by atoms with Gasteiger partial charge in [0.25, 0.3) is 0 Å². The second kappa shape index (κ2) is 12.7. The van der Waals surface area contributed by atoms with E-state index in [1.165, 1.54) is 7.05 Å². The zero-order chi connectivity index (χ0) is 29.9. The van der Waals surface area contributed by atoms with Gasteiger partial charge in [0.05, 0.1) is 27.2 Å². The molecule has 15 heteroatoms. The number of alkyl halides is 9. The van der Waals surface area contributed by atoms with Gasteiger partial charge in [-0.25, -0.2) is 4.39 Å². The molecule has 216 valence electrons. The van der Waals surface area contributed by atoms with Crippen molar-refractivity contribution in [3.05, 3.63) is 73.7 Å². The summed E-state index contributed by atoms with van der Waals surface area (Å²) >= 11 is 17.2. The van der Waals surface area contributed by atoms with Gasteiger partial charge in [0, 0.05) is 17.5 Å². The molecule has 0 N–H and O–H groups in total. The van der Waals surface area contributed by atoms with E-state index in [2.05, 4.69) is 0 Å². The van der Waals surface area contributed by atoms with Crippen LogP contribution < -0.4 is 0 Å². The van der Waals surface area contributed by atoms with Crippen LogP contribution in [0.15, 0.2) is 36.4 Å². The molecule has 0 saturated carbocycles. The van der Waals surface area contributed by atoms with Crippen molar-refractivity contribution in [1.29, 1.82) is 0 Å². The van der Waals surface area contributed by atoms with Crippen molar-refractivity contribution >= 4 is 46.4 Å². The number of ketones is 1. The fourth-order valence-corrected chi connectivity index (χ4v) is 4.12. The molecule has 0 spiro atoms. The molecule has 2 nitrogen and oxygen atoms in total. The lowest BCUT2D eigenvalue weighted by molar-refractivity contribution is -0.140. The average molecular weight is 633 g/mol. The van der Waals surface area contributed by atoms with Gasteiger partial charge in [-0.3, -0.25) is 9.69 Å². The summed E-state index contributed by atoms with van der Waals surface area (Å²) in [6, 6.07) is 3.03. The Kier molecular flexibility index (Phi) is 10.8. The predicted octanol–water partition coefficient (Wildman–Crippen LogP) is 9.78. The Morgan fingerprint density at radius 3 is 2.00 bits per heavy atom. The Morgan fingerprint density at radius 1 is 0.949 bits per heavy atom. The number of carbonyl (C=O) groups excluding carboxylic acids is 1. The van der Waals surface area contributed by atoms with E-state index in [4.69, 9.17) is 34.8 Å². The van der Waals surface area contributed by atoms with E-state index in [-0.39, 0.29) is 33.8 Å². The summed E-state index contributed by atoms with van der Waals surface area (Å²) < 4.78 is 134. The summed E-state index contributed by atoms with van der Waals surface area (Å²) in [7, 11) is 1.23. The minimum absolute atomic E-state index is 0.0291. The summed E-state index contributed by atoms with van der Waals surface area (Å²) in [5.74, 6) is -5.49. The molecule has 0 fully saturated rings. The van der Waals surface area contributed by atoms with E-state index in [1.54, 1.807) is 0 Å². The molecule has 2 rings (SSSR count). The third-order valence-corrected chi connectivity index (χ3v) is 6.54. The van der Waals surface area contributed by atoms with Gasteiger partial charge >= 0.3 is 18.5 Å². The van der Waals surface area contributed by atoms with Crippen LogP contribution in [0.3, 0.4) is 0 Å². The van der Waals surface area contributed by atoms with Gasteiger partial charge in [-0.05, 0) is 49.9 Å². The summed E-state index contributed by atoms with van der Waals surface area (Å²) in [5.41, 5.74) is -4.09. The second-order valence-corrected chi connectivity index (χ2v) is 9.66. The van der Waals surface area contributed by atoms with Gasteiger partial charge in [-0.1, -0.05) is 46.9 Å². The molecule has 2 aromatic carbocycles. The van der Waals surface area contributed by atoms with Crippen LogP contribution in [0.25, 0.3) is 5.83 Å². The number of allylic oxidation sites excluding steroid dienone is 1. The van der Waals surface area contributed by atoms with Crippen molar-refractivity contribution in [3.63, 3.8) is 0 Å². The first kappa shape index (κ1) is 33.2. The molecule has 0 aromatic heterocycles. The monoisotopic (exact) mass is 631 g/mol. The SMILES string of the molecule is CN(CCCC(F)(F)F)CC(=O)c1ccc(/C(F)=C/C(c2cc(Cl)c(Cl)c(Cl)c2)C(F)(F)F)cc1C(F)(F)F. The van der Waals surface area contributed by atoms with Gasteiger partial charge in [-0.2, -0.15) is 39.5 Å². The molecule has 0 heterocycles. The number of likely N-dealkylation sites (N-methyl/N-ethyl adjacent to an activating group) is 1. The maximum absolute atomic E-state index is 14.9. The maximum atomic E-state index is 14.9. The summed E-state index contributed by atoms with van der Waals surface area (Å²) in [6.07, 6.45) is -16.3. The van der Waals surface area contributed by atoms with E-state index < -0.39 is 77.7 Å². The van der Waals surface area contributed by atoms with Crippen molar-refractivity contribution in [2.24, 2.45) is 0 Å². The molecule has 0 saturated heterocycles. The van der Waals surface area contributed by atoms with E-state index in [0.29, 0.717) is 12.1 Å². The summed E-state index contributed by atoms with van der Waals surface area (Å²) in [5, 5.41) is -0.992. The third-order valence-electron chi connectivity index (χ3n) is 5.35. The highest BCUT2D eigenvalue weighted by atomic mass is 35.5. The molecule has 1 atom stereocenters. The number of hydrogen-bond donors (Lipinski definition) is 0. The molecule has 0 aliphatic rings. The Hall–Kier alpha value is -2.02. The van der Waals surface area contributed by atoms with Crippen LogP contribution in [0.5, 0.6) is 0 Å². The van der Waals surface area contributed by atoms with Gasteiger partial charge < -0.3 is 0 Å². The van der Waals surface area contributed by atoms with Crippen molar-refractivity contribution in [2.75, 3.05) is 20.1 Å². The second-order valence-electron chi connectivity index (χ2n) is 8.47. The lowest BCUT2D eigenvalue weighted by atomic mass is 9.95. The highest BCUT2D eigenvalue weighted by Crippen LogP contribution is 2.43. The van der Waals surface area contributed by atoms with E-state index in [0.717, 1.165) is 17.0 Å². The van der Waals surface area contributed by atoms with E-state index in [9.17, 15) is 48.7 Å². The maximum Gasteiger partial charge on any atom is 0.417 e. The Balaban J connectivity index is 2.42. The number of benzene rings is 2. The molecule has 0 aliphatic heterocycles. The molecule has 0 bridgehead atoms. The standard InChI is InChI=1S/C24H18Cl3F10NO/c1-38(6-2-5-22(29,30)31)11-20(39)14-4-3-12(7-16(14)24(35,36)37)19(28)10-15(23(32,33)34)13-8-17(25)21(27)18(26)9-13/h3-4,7-10,15H,2,5-6,11H2,1H3/b19-10-. The zero-order valence-corrected chi connectivity index (χ0v) is 21.9. The largest absolute Gasteiger partial charge is 0.417 e. The van der Waals surface area contributed by atoms with Crippen molar-refractivity contribution in [3.8, 4) is 0 Å². The van der Waals surface area contributed by atoms with Crippen LogP contribution in [-0.4, -0.2) is 43.2 Å². The van der Waals surface area contributed by atoms with E-state index >= 15 is 0 Å². The first-order valence-corrected chi connectivity index (χ1v) is 11.9. The molecule has 0 aliphatic carbocycles. The highest BCUT2D eigenvalue weighted by molar-refractivity contribution is 6.48. The third kappa shape index (κ3) is 9.54. The number of halogens is 13. The van der Waals surface area contributed by atoms with Crippen LogP contribution in [0.1, 0.15) is 45.8 Å². The van der Waals surface area contributed by atoms with Crippen molar-refractivity contribution in [2.45, 2.75) is 37.3 Å². The minimum atomic E-state index is -5.21. The topological polar surface area (TPSA) is 20.3 Å². The quantitative estimate of drug-likeness (QED) is 0.156. The minimum Gasteiger partial charge on any atom is -0.299 e. The van der Waals surface area contributed by atoms with Crippen LogP contribution in [0.2, 0.25) is 15.1 Å². The number of nitrogens with zero attached hydrogens (tertiary/aromatic N) is 1. The molecule has 1 unspecified atom stereocenters. The predicted molar refractivity (Wildman–Crippen MR) is 128 cm³/mol. The van der Waals surface area contributed by atoms with E-state index in [1.807, 2.05) is 0 Å². The van der Waals surface area contributed by atoms with Crippen LogP contribution in [0, 0.1) is 0 Å². The fourth-order valence-electron chi connectivity index (χ4n) is 3.51. The van der Waals surface area contributed by atoms with Gasteiger partial charge in [0.1, 0.15) is 11.7 Å². The summed E-state index contributed by atoms with van der Waals surface area (Å²) in [6.45, 7) is -0.938. The van der Waals surface area contributed by atoms with Crippen LogP contribution >= 0.6 is 34.8 Å². The number of Topliss-reactive ketones (excluding diaryl/α,β-unsaturated/α-hetero) is 1. The number of carbonyl (C=O) groups is 1. The molecule has 0 amide bonds. The molecule has 0 radical (unpaired) electrons. The summed E-state index contributed by atoms with van der Waals surface area (Å²) in [4.78, 5) is 13.6.